The summed E-state index contributed by atoms with van der Waals surface area (Å²) in [5, 5.41) is 3.61. The van der Waals surface area contributed by atoms with Crippen molar-refractivity contribution < 1.29 is 4.74 Å². The highest BCUT2D eigenvalue weighted by atomic mass is 35.5. The van der Waals surface area contributed by atoms with E-state index in [4.69, 9.17) is 16.3 Å². The van der Waals surface area contributed by atoms with Crippen molar-refractivity contribution in [3.8, 4) is 0 Å². The molecule has 0 bridgehead atoms. The van der Waals surface area contributed by atoms with Crippen LogP contribution in [0.1, 0.15) is 43.2 Å². The van der Waals surface area contributed by atoms with E-state index in [9.17, 15) is 0 Å². The predicted molar refractivity (Wildman–Crippen MR) is 74.1 cm³/mol. The number of halogens is 1. The van der Waals surface area contributed by atoms with Gasteiger partial charge in [-0.2, -0.15) is 0 Å². The molecule has 0 saturated heterocycles. The van der Waals surface area contributed by atoms with Crippen molar-refractivity contribution in [2.45, 2.75) is 44.8 Å². The summed E-state index contributed by atoms with van der Waals surface area (Å²) < 4.78 is 6.35. The lowest BCUT2D eigenvalue weighted by atomic mass is 9.93. The Morgan fingerprint density at radius 1 is 1.59 bits per heavy atom. The minimum Gasteiger partial charge on any atom is -0.377 e. The van der Waals surface area contributed by atoms with Crippen LogP contribution >= 0.6 is 22.9 Å². The Balaban J connectivity index is 2.03. The van der Waals surface area contributed by atoms with Crippen molar-refractivity contribution in [1.82, 2.24) is 5.32 Å². The van der Waals surface area contributed by atoms with E-state index in [0.29, 0.717) is 6.04 Å². The van der Waals surface area contributed by atoms with Gasteiger partial charge in [-0.15, -0.1) is 11.3 Å². The predicted octanol–water partition coefficient (Wildman–Crippen LogP) is 3.79. The average molecular weight is 274 g/mol. The Kier molecular flexibility index (Phi) is 4.14. The van der Waals surface area contributed by atoms with E-state index in [1.165, 1.54) is 29.7 Å². The van der Waals surface area contributed by atoms with E-state index in [0.717, 1.165) is 10.9 Å². The summed E-state index contributed by atoms with van der Waals surface area (Å²) in [5.74, 6) is 0. The van der Waals surface area contributed by atoms with Crippen LogP contribution in [0.2, 0.25) is 4.34 Å². The number of nitrogens with one attached hydrogen (secondary N) is 1. The largest absolute Gasteiger partial charge is 0.377 e. The summed E-state index contributed by atoms with van der Waals surface area (Å²) in [4.78, 5) is 1.45. The zero-order valence-corrected chi connectivity index (χ0v) is 12.3. The van der Waals surface area contributed by atoms with Crippen LogP contribution in [-0.4, -0.2) is 19.3 Å². The van der Waals surface area contributed by atoms with Gasteiger partial charge in [-0.1, -0.05) is 11.6 Å². The molecule has 0 radical (unpaired) electrons. The summed E-state index contributed by atoms with van der Waals surface area (Å²) in [6.07, 6.45) is 3.62. The molecule has 17 heavy (non-hydrogen) atoms. The van der Waals surface area contributed by atoms with E-state index in [2.05, 4.69) is 25.2 Å². The van der Waals surface area contributed by atoms with Gasteiger partial charge in [-0.25, -0.2) is 0 Å². The quantitative estimate of drug-likeness (QED) is 0.901. The third-order valence-electron chi connectivity index (χ3n) is 3.41. The van der Waals surface area contributed by atoms with Crippen LogP contribution in [0.15, 0.2) is 6.07 Å². The van der Waals surface area contributed by atoms with Gasteiger partial charge in [0.1, 0.15) is 0 Å². The molecular formula is C13H20ClNOS. The van der Waals surface area contributed by atoms with Gasteiger partial charge in [0, 0.05) is 24.6 Å². The van der Waals surface area contributed by atoms with Crippen molar-refractivity contribution in [2.75, 3.05) is 13.7 Å². The molecule has 2 rings (SSSR count). The molecule has 1 aromatic heterocycles. The van der Waals surface area contributed by atoms with Crippen LogP contribution in [0.4, 0.5) is 0 Å². The van der Waals surface area contributed by atoms with Gasteiger partial charge >= 0.3 is 0 Å². The number of thiophene rings is 1. The van der Waals surface area contributed by atoms with Crippen molar-refractivity contribution >= 4 is 22.9 Å². The number of rotatable bonds is 4. The third kappa shape index (κ3) is 3.22. The van der Waals surface area contributed by atoms with Crippen LogP contribution in [-0.2, 0) is 11.2 Å². The summed E-state index contributed by atoms with van der Waals surface area (Å²) in [5.41, 5.74) is 1.29. The number of aryl methyl sites for hydroxylation is 1. The number of ether oxygens (including phenoxy) is 1. The Morgan fingerprint density at radius 2 is 2.35 bits per heavy atom. The monoisotopic (exact) mass is 273 g/mol. The molecule has 2 nitrogen and oxygen atoms in total. The molecule has 0 spiro atoms. The fourth-order valence-corrected chi connectivity index (χ4v) is 3.56. The average Bonchev–Trinajstić information content (AvgIpc) is 2.67. The lowest BCUT2D eigenvalue weighted by Crippen LogP contribution is -2.39. The first-order valence-corrected chi connectivity index (χ1v) is 7.28. The zero-order chi connectivity index (χ0) is 12.5. The van der Waals surface area contributed by atoms with Crippen molar-refractivity contribution in [1.29, 1.82) is 0 Å². The van der Waals surface area contributed by atoms with Crippen molar-refractivity contribution in [3.63, 3.8) is 0 Å². The first-order chi connectivity index (χ1) is 8.02. The molecule has 1 atom stereocenters. The number of methoxy groups -OCH3 is 1. The lowest BCUT2D eigenvalue weighted by Gasteiger charge is -2.29. The smallest absolute Gasteiger partial charge is 0.0934 e. The summed E-state index contributed by atoms with van der Waals surface area (Å²) >= 11 is 7.83. The Labute approximate surface area is 112 Å². The second kappa shape index (κ2) is 5.27. The molecule has 1 N–H and O–H groups in total. The van der Waals surface area contributed by atoms with Crippen LogP contribution in [0.25, 0.3) is 0 Å². The SMILES string of the molecule is COC(C)(C)CNC1CCCc2sc(Cl)cc21. The van der Waals surface area contributed by atoms with Crippen LogP contribution in [0, 0.1) is 0 Å². The van der Waals surface area contributed by atoms with E-state index in [1.807, 2.05) is 0 Å². The molecule has 1 heterocycles. The first-order valence-electron chi connectivity index (χ1n) is 6.08. The van der Waals surface area contributed by atoms with E-state index in [-0.39, 0.29) is 5.60 Å². The molecule has 0 aliphatic heterocycles. The second-order valence-corrected chi connectivity index (χ2v) is 6.99. The fourth-order valence-electron chi connectivity index (χ4n) is 2.17. The maximum atomic E-state index is 6.10. The van der Waals surface area contributed by atoms with Crippen LogP contribution < -0.4 is 5.32 Å². The second-order valence-electron chi connectivity index (χ2n) is 5.22. The van der Waals surface area contributed by atoms with Crippen molar-refractivity contribution in [3.05, 3.63) is 20.8 Å². The van der Waals surface area contributed by atoms with Gasteiger partial charge < -0.3 is 10.1 Å². The molecule has 0 aromatic carbocycles. The Bertz CT molecular complexity index is 389. The summed E-state index contributed by atoms with van der Waals surface area (Å²) in [7, 11) is 1.76. The summed E-state index contributed by atoms with van der Waals surface area (Å²) in [6.45, 7) is 5.07. The summed E-state index contributed by atoms with van der Waals surface area (Å²) in [6, 6.07) is 2.56. The van der Waals surface area contributed by atoms with E-state index in [1.54, 1.807) is 18.4 Å². The minimum atomic E-state index is -0.114. The number of fused-ring (bicyclic) bond motifs is 1. The third-order valence-corrected chi connectivity index (χ3v) is 4.75. The molecule has 96 valence electrons. The van der Waals surface area contributed by atoms with Crippen LogP contribution in [0.3, 0.4) is 0 Å². The molecular weight excluding hydrogens is 254 g/mol. The molecule has 1 aliphatic carbocycles. The standard InChI is InChI=1S/C13H20ClNOS/c1-13(2,16-3)8-15-10-5-4-6-11-9(10)7-12(14)17-11/h7,10,15H,4-6,8H2,1-3H3. The molecule has 0 amide bonds. The van der Waals surface area contributed by atoms with Gasteiger partial charge in [-0.05, 0) is 44.7 Å². The fraction of sp³-hybridized carbons (Fsp3) is 0.692. The maximum Gasteiger partial charge on any atom is 0.0934 e. The van der Waals surface area contributed by atoms with Crippen LogP contribution in [0.5, 0.6) is 0 Å². The molecule has 0 saturated carbocycles. The highest BCUT2D eigenvalue weighted by Gasteiger charge is 2.25. The normalized spacial score (nSPS) is 20.4. The topological polar surface area (TPSA) is 21.3 Å². The van der Waals surface area contributed by atoms with Gasteiger partial charge in [0.2, 0.25) is 0 Å². The van der Waals surface area contributed by atoms with Gasteiger partial charge in [-0.3, -0.25) is 0 Å². The molecule has 0 fully saturated rings. The van der Waals surface area contributed by atoms with Gasteiger partial charge in [0.25, 0.3) is 0 Å². The number of hydrogen-bond acceptors (Lipinski definition) is 3. The van der Waals surface area contributed by atoms with E-state index >= 15 is 0 Å². The molecule has 1 unspecified atom stereocenters. The Morgan fingerprint density at radius 3 is 3.06 bits per heavy atom. The minimum absolute atomic E-state index is 0.114. The van der Waals surface area contributed by atoms with E-state index < -0.39 is 0 Å². The number of hydrogen-bond donors (Lipinski definition) is 1. The maximum absolute atomic E-state index is 6.10. The first kappa shape index (κ1) is 13.3. The van der Waals surface area contributed by atoms with Gasteiger partial charge in [0.15, 0.2) is 0 Å². The highest BCUT2D eigenvalue weighted by molar-refractivity contribution is 7.16. The lowest BCUT2D eigenvalue weighted by molar-refractivity contribution is 0.0206. The molecule has 4 heteroatoms. The molecule has 1 aliphatic rings. The molecule has 1 aromatic rings. The van der Waals surface area contributed by atoms with Crippen molar-refractivity contribution in [2.24, 2.45) is 0 Å². The van der Waals surface area contributed by atoms with Gasteiger partial charge in [0.05, 0.1) is 9.94 Å². The highest BCUT2D eigenvalue weighted by Crippen LogP contribution is 2.37. The Hall–Kier alpha value is -0.0900. The zero-order valence-electron chi connectivity index (χ0n) is 10.7.